The van der Waals surface area contributed by atoms with E-state index in [0.29, 0.717) is 23.5 Å². The smallest absolute Gasteiger partial charge is 0.136 e. The highest BCUT2D eigenvalue weighted by molar-refractivity contribution is 6.13. The van der Waals surface area contributed by atoms with E-state index in [-0.39, 0.29) is 0 Å². The number of hydrogen-bond acceptors (Lipinski definition) is 5. The minimum atomic E-state index is 0.373. The van der Waals surface area contributed by atoms with E-state index in [9.17, 15) is 0 Å². The number of pyridine rings is 1. The molecule has 1 aromatic heterocycles. The van der Waals surface area contributed by atoms with Gasteiger partial charge in [-0.15, -0.1) is 0 Å². The average Bonchev–Trinajstić information content (AvgIpc) is 2.77. The van der Waals surface area contributed by atoms with Crippen molar-refractivity contribution < 1.29 is 0 Å². The van der Waals surface area contributed by atoms with Gasteiger partial charge in [-0.25, -0.2) is 4.98 Å². The molecule has 1 saturated carbocycles. The Morgan fingerprint density at radius 1 is 1.16 bits per heavy atom. The fraction of sp³-hybridized carbons (Fsp3) is 0.500. The van der Waals surface area contributed by atoms with Crippen LogP contribution < -0.4 is 10.6 Å². The predicted molar refractivity (Wildman–Crippen MR) is 133 cm³/mol. The molecule has 1 heterocycles. The zero-order valence-corrected chi connectivity index (χ0v) is 19.2. The first-order valence-corrected chi connectivity index (χ1v) is 11.7. The third-order valence-electron chi connectivity index (χ3n) is 6.12. The second kappa shape index (κ2) is 11.2. The van der Waals surface area contributed by atoms with Crippen LogP contribution in [-0.4, -0.2) is 35.0 Å². The summed E-state index contributed by atoms with van der Waals surface area (Å²) >= 11 is 0. The normalized spacial score (nSPS) is 16.0. The van der Waals surface area contributed by atoms with Crippen molar-refractivity contribution in [2.75, 3.05) is 11.9 Å². The Labute approximate surface area is 186 Å². The van der Waals surface area contributed by atoms with E-state index in [4.69, 9.17) is 15.8 Å². The maximum Gasteiger partial charge on any atom is 0.136 e. The van der Waals surface area contributed by atoms with Gasteiger partial charge in [-0.3, -0.25) is 0 Å². The van der Waals surface area contributed by atoms with Crippen molar-refractivity contribution in [3.8, 4) is 0 Å². The largest absolute Gasteiger partial charge is 0.369 e. The second-order valence-corrected chi connectivity index (χ2v) is 8.83. The minimum absolute atomic E-state index is 0.373. The number of aromatic nitrogens is 1. The zero-order chi connectivity index (χ0) is 22.2. The molecule has 3 rings (SSSR count). The van der Waals surface area contributed by atoms with Crippen LogP contribution in [0.15, 0.2) is 36.4 Å². The molecule has 5 nitrogen and oxygen atoms in total. The van der Waals surface area contributed by atoms with E-state index >= 15 is 0 Å². The number of rotatable bonds is 10. The highest BCUT2D eigenvalue weighted by Gasteiger charge is 2.17. The van der Waals surface area contributed by atoms with E-state index in [2.05, 4.69) is 36.6 Å². The molecule has 4 N–H and O–H groups in total. The summed E-state index contributed by atoms with van der Waals surface area (Å²) < 4.78 is 0. The SMILES string of the molecule is CCC(CCNc1nc2ccc(C)cc2cc1C(=N)C=CC(C)=N)NC1CCCCC1. The van der Waals surface area contributed by atoms with E-state index in [1.807, 2.05) is 12.1 Å². The Kier molecular flexibility index (Phi) is 8.35. The van der Waals surface area contributed by atoms with Crippen molar-refractivity contribution >= 4 is 28.1 Å². The van der Waals surface area contributed by atoms with Gasteiger partial charge in [0, 0.05) is 35.3 Å². The molecule has 0 saturated heterocycles. The molecule has 0 radical (unpaired) electrons. The van der Waals surface area contributed by atoms with Crippen LogP contribution in [0, 0.1) is 17.7 Å². The number of nitrogens with one attached hydrogen (secondary N) is 4. The van der Waals surface area contributed by atoms with Gasteiger partial charge in [-0.2, -0.15) is 0 Å². The van der Waals surface area contributed by atoms with E-state index < -0.39 is 0 Å². The Hall–Kier alpha value is -2.53. The summed E-state index contributed by atoms with van der Waals surface area (Å²) in [4.78, 5) is 4.84. The van der Waals surface area contributed by atoms with Crippen LogP contribution in [0.5, 0.6) is 0 Å². The second-order valence-electron chi connectivity index (χ2n) is 8.83. The molecule has 2 aromatic rings. The third-order valence-corrected chi connectivity index (χ3v) is 6.12. The van der Waals surface area contributed by atoms with Gasteiger partial charge in [0.2, 0.25) is 0 Å². The monoisotopic (exact) mass is 419 g/mol. The first kappa shape index (κ1) is 23.1. The number of hydrogen-bond donors (Lipinski definition) is 4. The summed E-state index contributed by atoms with van der Waals surface area (Å²) in [6.45, 7) is 6.85. The van der Waals surface area contributed by atoms with Crippen molar-refractivity contribution in [3.05, 3.63) is 47.5 Å². The molecule has 5 heteroatoms. The van der Waals surface area contributed by atoms with Gasteiger partial charge in [0.15, 0.2) is 0 Å². The van der Waals surface area contributed by atoms with E-state index in [1.165, 1.54) is 37.7 Å². The Morgan fingerprint density at radius 2 is 1.94 bits per heavy atom. The molecule has 1 fully saturated rings. The topological polar surface area (TPSA) is 84.7 Å². The van der Waals surface area contributed by atoms with Crippen molar-refractivity contribution in [2.24, 2.45) is 0 Å². The third kappa shape index (κ3) is 6.73. The first-order valence-electron chi connectivity index (χ1n) is 11.7. The minimum Gasteiger partial charge on any atom is -0.369 e. The fourth-order valence-corrected chi connectivity index (χ4v) is 4.31. The molecule has 31 heavy (non-hydrogen) atoms. The highest BCUT2D eigenvalue weighted by Crippen LogP contribution is 2.23. The molecule has 1 unspecified atom stereocenters. The number of nitrogens with zero attached hydrogens (tertiary/aromatic N) is 1. The zero-order valence-electron chi connectivity index (χ0n) is 19.2. The van der Waals surface area contributed by atoms with Gasteiger partial charge in [0.25, 0.3) is 0 Å². The lowest BCUT2D eigenvalue weighted by Gasteiger charge is -2.28. The molecule has 1 atom stereocenters. The quantitative estimate of drug-likeness (QED) is 0.356. The Bertz CT molecular complexity index is 940. The lowest BCUT2D eigenvalue weighted by atomic mass is 9.94. The molecule has 1 aliphatic carbocycles. The number of fused-ring (bicyclic) bond motifs is 1. The summed E-state index contributed by atoms with van der Waals surface area (Å²) in [5, 5.41) is 24.6. The molecule has 166 valence electrons. The molecule has 0 amide bonds. The molecule has 1 aliphatic rings. The lowest BCUT2D eigenvalue weighted by molar-refractivity contribution is 0.325. The summed E-state index contributed by atoms with van der Waals surface area (Å²) in [6, 6.07) is 9.43. The van der Waals surface area contributed by atoms with Gasteiger partial charge in [0.05, 0.1) is 11.2 Å². The molecule has 1 aromatic carbocycles. The molecule has 0 bridgehead atoms. The van der Waals surface area contributed by atoms with Crippen LogP contribution in [0.1, 0.15) is 69.9 Å². The van der Waals surface area contributed by atoms with Crippen LogP contribution in [0.3, 0.4) is 0 Å². The first-order chi connectivity index (χ1) is 15.0. The van der Waals surface area contributed by atoms with Crippen LogP contribution in [0.25, 0.3) is 10.9 Å². The molecule has 0 spiro atoms. The van der Waals surface area contributed by atoms with Crippen molar-refractivity contribution in [1.29, 1.82) is 10.8 Å². The highest BCUT2D eigenvalue weighted by atomic mass is 15.0. The average molecular weight is 420 g/mol. The van der Waals surface area contributed by atoms with Crippen LogP contribution in [0.2, 0.25) is 0 Å². The Morgan fingerprint density at radius 3 is 2.65 bits per heavy atom. The summed E-state index contributed by atoms with van der Waals surface area (Å²) in [6.07, 6.45) is 12.2. The fourth-order valence-electron chi connectivity index (χ4n) is 4.31. The standard InChI is InChI=1S/C26H37N5/c1-4-21(30-22-8-6-5-7-9-22)14-15-29-26-23(24(28)12-11-19(3)27)17-20-16-18(2)10-13-25(20)31-26/h10-13,16-17,21-22,27-28,30H,4-9,14-15H2,1-3H3,(H,29,31). The summed E-state index contributed by atoms with van der Waals surface area (Å²) in [7, 11) is 0. The maximum absolute atomic E-state index is 8.54. The maximum atomic E-state index is 8.54. The van der Waals surface area contributed by atoms with E-state index in [0.717, 1.165) is 41.7 Å². The van der Waals surface area contributed by atoms with Gasteiger partial charge >= 0.3 is 0 Å². The van der Waals surface area contributed by atoms with Gasteiger partial charge in [-0.1, -0.05) is 37.8 Å². The number of anilines is 1. The summed E-state index contributed by atoms with van der Waals surface area (Å²) in [5.41, 5.74) is 3.70. The lowest BCUT2D eigenvalue weighted by Crippen LogP contribution is -2.40. The Balaban J connectivity index is 1.74. The van der Waals surface area contributed by atoms with Crippen LogP contribution in [0.4, 0.5) is 5.82 Å². The van der Waals surface area contributed by atoms with Gasteiger partial charge in [0.1, 0.15) is 5.82 Å². The number of benzene rings is 1. The predicted octanol–water partition coefficient (Wildman–Crippen LogP) is 6.01. The van der Waals surface area contributed by atoms with Gasteiger partial charge < -0.3 is 21.5 Å². The van der Waals surface area contributed by atoms with Crippen molar-refractivity contribution in [3.63, 3.8) is 0 Å². The number of aryl methyl sites for hydroxylation is 1. The van der Waals surface area contributed by atoms with Crippen LogP contribution >= 0.6 is 0 Å². The van der Waals surface area contributed by atoms with Gasteiger partial charge in [-0.05, 0) is 69.9 Å². The number of allylic oxidation sites excluding steroid dienone is 2. The van der Waals surface area contributed by atoms with Crippen LogP contribution in [-0.2, 0) is 0 Å². The van der Waals surface area contributed by atoms with Crippen molar-refractivity contribution in [1.82, 2.24) is 10.3 Å². The molecular formula is C26H37N5. The van der Waals surface area contributed by atoms with Crippen molar-refractivity contribution in [2.45, 2.75) is 77.8 Å². The van der Waals surface area contributed by atoms with E-state index in [1.54, 1.807) is 19.1 Å². The molecule has 0 aliphatic heterocycles. The summed E-state index contributed by atoms with van der Waals surface area (Å²) in [5.74, 6) is 0.751. The molecular weight excluding hydrogens is 382 g/mol.